The second-order valence-corrected chi connectivity index (χ2v) is 7.58. The summed E-state index contributed by atoms with van der Waals surface area (Å²) in [6.07, 6.45) is 1.41. The summed E-state index contributed by atoms with van der Waals surface area (Å²) in [6, 6.07) is 1.64. The van der Waals surface area contributed by atoms with E-state index in [2.05, 4.69) is 0 Å². The zero-order valence-corrected chi connectivity index (χ0v) is 12.0. The molecule has 1 aliphatic rings. The molecular weight excluding hydrogens is 270 g/mol. The summed E-state index contributed by atoms with van der Waals surface area (Å²) < 4.78 is 23.0. The van der Waals surface area contributed by atoms with Crippen LogP contribution in [0.4, 0.5) is 0 Å². The van der Waals surface area contributed by atoms with Crippen molar-refractivity contribution in [2.45, 2.75) is 25.8 Å². The number of carbonyl (C=O) groups is 1. The van der Waals surface area contributed by atoms with E-state index in [-0.39, 0.29) is 23.5 Å². The Balaban J connectivity index is 2.16. The van der Waals surface area contributed by atoms with Gasteiger partial charge in [-0.15, -0.1) is 0 Å². The third-order valence-corrected chi connectivity index (χ3v) is 5.58. The van der Waals surface area contributed by atoms with Gasteiger partial charge in [0.25, 0.3) is 5.91 Å². The maximum Gasteiger partial charge on any atom is 0.254 e. The van der Waals surface area contributed by atoms with Crippen LogP contribution in [-0.4, -0.2) is 43.3 Å². The van der Waals surface area contributed by atoms with Gasteiger partial charge in [0.05, 0.1) is 17.1 Å². The number of nitrogens with zero attached hydrogens (tertiary/aromatic N) is 1. The Kier molecular flexibility index (Phi) is 4.07. The molecule has 1 aromatic rings. The molecule has 4 nitrogen and oxygen atoms in total. The van der Waals surface area contributed by atoms with Crippen LogP contribution in [0, 0.1) is 0 Å². The molecule has 1 atom stereocenters. The second-order valence-electron chi connectivity index (χ2n) is 4.57. The van der Waals surface area contributed by atoms with Crippen LogP contribution >= 0.6 is 11.3 Å². The summed E-state index contributed by atoms with van der Waals surface area (Å²) in [6.45, 7) is 2.62. The van der Waals surface area contributed by atoms with E-state index in [1.54, 1.807) is 11.0 Å². The maximum absolute atomic E-state index is 12.3. The van der Waals surface area contributed by atoms with Crippen LogP contribution in [0.25, 0.3) is 0 Å². The standard InChI is InChI=1S/C12H17NO3S2/c1-2-5-13(11-4-7-18(15,16)9-11)12(14)10-3-6-17-8-10/h3,6,8,11H,2,4-5,7,9H2,1H3. The molecule has 1 saturated heterocycles. The number of thiophene rings is 1. The molecule has 6 heteroatoms. The lowest BCUT2D eigenvalue weighted by Crippen LogP contribution is -2.41. The molecular formula is C12H17NO3S2. The molecule has 0 N–H and O–H groups in total. The first-order valence-electron chi connectivity index (χ1n) is 6.07. The predicted molar refractivity (Wildman–Crippen MR) is 72.7 cm³/mol. The number of rotatable bonds is 4. The van der Waals surface area contributed by atoms with Crippen LogP contribution in [0.15, 0.2) is 16.8 Å². The lowest BCUT2D eigenvalue weighted by atomic mass is 10.1. The maximum atomic E-state index is 12.3. The molecule has 18 heavy (non-hydrogen) atoms. The number of hydrogen-bond acceptors (Lipinski definition) is 4. The molecule has 100 valence electrons. The van der Waals surface area contributed by atoms with E-state index in [0.29, 0.717) is 18.5 Å². The normalized spacial score (nSPS) is 21.9. The van der Waals surface area contributed by atoms with E-state index in [0.717, 1.165) is 6.42 Å². The van der Waals surface area contributed by atoms with E-state index in [4.69, 9.17) is 0 Å². The smallest absolute Gasteiger partial charge is 0.254 e. The average molecular weight is 287 g/mol. The third-order valence-electron chi connectivity index (χ3n) is 3.14. The Hall–Kier alpha value is -0.880. The minimum absolute atomic E-state index is 0.0415. The van der Waals surface area contributed by atoms with Crippen LogP contribution in [0.2, 0.25) is 0 Å². The Morgan fingerprint density at radius 3 is 2.83 bits per heavy atom. The van der Waals surface area contributed by atoms with Crippen LogP contribution in [0.3, 0.4) is 0 Å². The van der Waals surface area contributed by atoms with Crippen LogP contribution in [0.5, 0.6) is 0 Å². The molecule has 2 rings (SSSR count). The monoisotopic (exact) mass is 287 g/mol. The Bertz CT molecular complexity index is 507. The summed E-state index contributed by atoms with van der Waals surface area (Å²) in [7, 11) is -2.95. The minimum Gasteiger partial charge on any atom is -0.335 e. The van der Waals surface area contributed by atoms with Gasteiger partial charge in [0.2, 0.25) is 0 Å². The first-order chi connectivity index (χ1) is 8.53. The van der Waals surface area contributed by atoms with Crippen molar-refractivity contribution in [2.75, 3.05) is 18.1 Å². The third kappa shape index (κ3) is 2.92. The van der Waals surface area contributed by atoms with E-state index in [1.165, 1.54) is 11.3 Å². The van der Waals surface area contributed by atoms with Crippen molar-refractivity contribution in [2.24, 2.45) is 0 Å². The SMILES string of the molecule is CCCN(C(=O)c1ccsc1)C1CCS(=O)(=O)C1. The Morgan fingerprint density at radius 2 is 2.33 bits per heavy atom. The van der Waals surface area contributed by atoms with E-state index < -0.39 is 9.84 Å². The highest BCUT2D eigenvalue weighted by atomic mass is 32.2. The highest BCUT2D eigenvalue weighted by Gasteiger charge is 2.34. The molecule has 0 aliphatic carbocycles. The summed E-state index contributed by atoms with van der Waals surface area (Å²) in [5, 5.41) is 3.68. The van der Waals surface area contributed by atoms with Gasteiger partial charge >= 0.3 is 0 Å². The highest BCUT2D eigenvalue weighted by Crippen LogP contribution is 2.21. The fourth-order valence-electron chi connectivity index (χ4n) is 2.26. The van der Waals surface area contributed by atoms with Gasteiger partial charge < -0.3 is 4.90 Å². The second kappa shape index (κ2) is 5.40. The first kappa shape index (κ1) is 13.5. The van der Waals surface area contributed by atoms with Gasteiger partial charge in [-0.05, 0) is 24.3 Å². The van der Waals surface area contributed by atoms with Gasteiger partial charge in [0, 0.05) is 18.0 Å². The van der Waals surface area contributed by atoms with Crippen molar-refractivity contribution >= 4 is 27.1 Å². The first-order valence-corrected chi connectivity index (χ1v) is 8.83. The molecule has 0 spiro atoms. The van der Waals surface area contributed by atoms with Crippen LogP contribution < -0.4 is 0 Å². The topological polar surface area (TPSA) is 54.5 Å². The molecule has 0 radical (unpaired) electrons. The summed E-state index contributed by atoms with van der Waals surface area (Å²) in [4.78, 5) is 14.1. The summed E-state index contributed by atoms with van der Waals surface area (Å²) in [5.41, 5.74) is 0.665. The number of sulfone groups is 1. The molecule has 1 unspecified atom stereocenters. The van der Waals surface area contributed by atoms with E-state index in [9.17, 15) is 13.2 Å². The summed E-state index contributed by atoms with van der Waals surface area (Å²) in [5.74, 6) is 0.276. The molecule has 1 aliphatic heterocycles. The quantitative estimate of drug-likeness (QED) is 0.848. The predicted octanol–water partition coefficient (Wildman–Crippen LogP) is 1.79. The lowest BCUT2D eigenvalue weighted by Gasteiger charge is -2.27. The zero-order chi connectivity index (χ0) is 13.2. The van der Waals surface area contributed by atoms with E-state index >= 15 is 0 Å². The molecule has 0 aromatic carbocycles. The van der Waals surface area contributed by atoms with Gasteiger partial charge in [0.15, 0.2) is 9.84 Å². The molecule has 0 saturated carbocycles. The molecule has 2 heterocycles. The zero-order valence-electron chi connectivity index (χ0n) is 10.3. The Morgan fingerprint density at radius 1 is 1.56 bits per heavy atom. The average Bonchev–Trinajstić information content (AvgIpc) is 2.94. The van der Waals surface area contributed by atoms with Gasteiger partial charge in [-0.25, -0.2) is 8.42 Å². The van der Waals surface area contributed by atoms with Crippen LogP contribution in [0.1, 0.15) is 30.1 Å². The molecule has 1 fully saturated rings. The van der Waals surface area contributed by atoms with Crippen molar-refractivity contribution in [3.63, 3.8) is 0 Å². The van der Waals surface area contributed by atoms with E-state index in [1.807, 2.05) is 17.7 Å². The number of amides is 1. The van der Waals surface area contributed by atoms with Crippen LogP contribution in [-0.2, 0) is 9.84 Å². The fourth-order valence-corrected chi connectivity index (χ4v) is 4.62. The lowest BCUT2D eigenvalue weighted by molar-refractivity contribution is 0.0697. The number of hydrogen-bond donors (Lipinski definition) is 0. The van der Waals surface area contributed by atoms with Crippen molar-refractivity contribution in [1.82, 2.24) is 4.90 Å². The summed E-state index contributed by atoms with van der Waals surface area (Å²) >= 11 is 1.48. The molecule has 1 amide bonds. The van der Waals surface area contributed by atoms with Crippen molar-refractivity contribution in [3.05, 3.63) is 22.4 Å². The highest BCUT2D eigenvalue weighted by molar-refractivity contribution is 7.91. The van der Waals surface area contributed by atoms with Crippen molar-refractivity contribution in [3.8, 4) is 0 Å². The Labute approximate surface area is 112 Å². The molecule has 0 bridgehead atoms. The van der Waals surface area contributed by atoms with Gasteiger partial charge in [-0.1, -0.05) is 6.92 Å². The number of carbonyl (C=O) groups excluding carboxylic acids is 1. The van der Waals surface area contributed by atoms with Gasteiger partial charge in [-0.2, -0.15) is 11.3 Å². The van der Waals surface area contributed by atoms with Crippen molar-refractivity contribution < 1.29 is 13.2 Å². The largest absolute Gasteiger partial charge is 0.335 e. The van der Waals surface area contributed by atoms with Gasteiger partial charge in [-0.3, -0.25) is 4.79 Å². The molecule has 1 aromatic heterocycles. The minimum atomic E-state index is -2.95. The van der Waals surface area contributed by atoms with Gasteiger partial charge in [0.1, 0.15) is 0 Å². The van der Waals surface area contributed by atoms with Crippen molar-refractivity contribution in [1.29, 1.82) is 0 Å². The fraction of sp³-hybridized carbons (Fsp3) is 0.583.